The molecule has 1 heterocycles. The molecule has 1 nitrogen and oxygen atoms in total. The average Bonchev–Trinajstić information content (AvgIpc) is 2.64. The summed E-state index contributed by atoms with van der Waals surface area (Å²) in [7, 11) is 0. The van der Waals surface area contributed by atoms with E-state index < -0.39 is 0 Å². The lowest BCUT2D eigenvalue weighted by molar-refractivity contribution is -0.107. The van der Waals surface area contributed by atoms with Crippen molar-refractivity contribution in [2.45, 2.75) is 5.25 Å². The molecule has 1 saturated heterocycles. The van der Waals surface area contributed by atoms with Gasteiger partial charge in [-0.3, -0.25) is 4.79 Å². The molecule has 1 aliphatic heterocycles. The fourth-order valence-corrected chi connectivity index (χ4v) is 5.90. The molecule has 0 amide bonds. The molecular weight excluding hydrogens is 240 g/mol. The summed E-state index contributed by atoms with van der Waals surface area (Å²) in [6, 6.07) is 0. The molecule has 0 aromatic heterocycles. The molecule has 0 N–H and O–H groups in total. The van der Waals surface area contributed by atoms with Gasteiger partial charge in [-0.1, -0.05) is 18.3 Å². The molecule has 1 atom stereocenters. The van der Waals surface area contributed by atoms with E-state index in [0.717, 1.165) is 10.3 Å². The van der Waals surface area contributed by atoms with Gasteiger partial charge in [0.15, 0.2) is 0 Å². The molecular formula is C8H12OS4. The van der Waals surface area contributed by atoms with Crippen molar-refractivity contribution in [1.29, 1.82) is 0 Å². The number of hydrogen-bond donors (Lipinski definition) is 0. The van der Waals surface area contributed by atoms with E-state index in [1.165, 1.54) is 34.4 Å². The Bertz CT molecular complexity index is 177. The third-order valence-electron chi connectivity index (χ3n) is 1.45. The van der Waals surface area contributed by atoms with E-state index in [1.807, 2.05) is 35.3 Å². The number of rotatable bonds is 5. The second-order valence-corrected chi connectivity index (χ2v) is 7.49. The Balaban J connectivity index is 1.94. The summed E-state index contributed by atoms with van der Waals surface area (Å²) in [5.74, 6) is 2.45. The van der Waals surface area contributed by atoms with Crippen molar-refractivity contribution in [3.05, 3.63) is 12.7 Å². The minimum absolute atomic E-state index is 0.0842. The Morgan fingerprint density at radius 1 is 1.69 bits per heavy atom. The van der Waals surface area contributed by atoms with Crippen LogP contribution in [0.5, 0.6) is 0 Å². The maximum atomic E-state index is 10.8. The van der Waals surface area contributed by atoms with Crippen molar-refractivity contribution in [1.82, 2.24) is 0 Å². The highest BCUT2D eigenvalue weighted by Crippen LogP contribution is 2.32. The van der Waals surface area contributed by atoms with Crippen LogP contribution >= 0.6 is 47.0 Å². The predicted molar refractivity (Wildman–Crippen MR) is 68.8 cm³/mol. The molecule has 0 saturated carbocycles. The van der Waals surface area contributed by atoms with Crippen LogP contribution in [0.1, 0.15) is 0 Å². The third-order valence-corrected chi connectivity index (χ3v) is 6.75. The van der Waals surface area contributed by atoms with Crippen LogP contribution in [0.3, 0.4) is 0 Å². The van der Waals surface area contributed by atoms with Crippen molar-refractivity contribution < 1.29 is 4.79 Å². The highest BCUT2D eigenvalue weighted by Gasteiger charge is 2.15. The van der Waals surface area contributed by atoms with Crippen LogP contribution < -0.4 is 0 Å². The van der Waals surface area contributed by atoms with E-state index in [9.17, 15) is 4.79 Å². The van der Waals surface area contributed by atoms with Crippen molar-refractivity contribution in [2.24, 2.45) is 0 Å². The molecule has 13 heavy (non-hydrogen) atoms. The average molecular weight is 252 g/mol. The first-order valence-corrected chi connectivity index (χ1v) is 8.23. The van der Waals surface area contributed by atoms with Gasteiger partial charge in [-0.05, 0) is 6.08 Å². The highest BCUT2D eigenvalue weighted by atomic mass is 32.2. The summed E-state index contributed by atoms with van der Waals surface area (Å²) in [6.07, 6.45) is 1.38. The van der Waals surface area contributed by atoms with E-state index in [0.29, 0.717) is 0 Å². The van der Waals surface area contributed by atoms with Crippen LogP contribution in [0.15, 0.2) is 12.7 Å². The molecule has 0 radical (unpaired) electrons. The Morgan fingerprint density at radius 3 is 3.15 bits per heavy atom. The Labute approximate surface area is 96.3 Å². The standard InChI is InChI=1S/C8H12OS4/c1-2-8(9)13-6-11-4-7-3-10-5-12-7/h2,7H,1,3-6H2. The van der Waals surface area contributed by atoms with Crippen LogP contribution in [0.2, 0.25) is 0 Å². The fraction of sp³-hybridized carbons (Fsp3) is 0.625. The predicted octanol–water partition coefficient (Wildman–Crippen LogP) is 2.93. The molecule has 0 aliphatic carbocycles. The first-order valence-electron chi connectivity index (χ1n) is 3.89. The van der Waals surface area contributed by atoms with Gasteiger partial charge in [0.1, 0.15) is 0 Å². The van der Waals surface area contributed by atoms with Gasteiger partial charge in [-0.2, -0.15) is 0 Å². The molecule has 1 unspecified atom stereocenters. The zero-order valence-electron chi connectivity index (χ0n) is 7.23. The summed E-state index contributed by atoms with van der Waals surface area (Å²) in [6.45, 7) is 3.43. The molecule has 1 fully saturated rings. The first-order chi connectivity index (χ1) is 6.33. The molecule has 1 rings (SSSR count). The van der Waals surface area contributed by atoms with E-state index in [2.05, 4.69) is 6.58 Å². The number of hydrogen-bond acceptors (Lipinski definition) is 5. The van der Waals surface area contributed by atoms with Crippen LogP contribution in [-0.4, -0.2) is 32.0 Å². The molecule has 0 aromatic rings. The quantitative estimate of drug-likeness (QED) is 0.424. The van der Waals surface area contributed by atoms with E-state index in [1.54, 1.807) is 0 Å². The maximum absolute atomic E-state index is 10.8. The summed E-state index contributed by atoms with van der Waals surface area (Å²) < 4.78 is 0. The number of thioether (sulfide) groups is 4. The number of carbonyl (C=O) groups excluding carboxylic acids is 1. The van der Waals surface area contributed by atoms with Crippen LogP contribution in [0, 0.1) is 0 Å². The van der Waals surface area contributed by atoms with Gasteiger partial charge in [-0.25, -0.2) is 0 Å². The molecule has 5 heteroatoms. The monoisotopic (exact) mass is 252 g/mol. The van der Waals surface area contributed by atoms with Crippen LogP contribution in [0.25, 0.3) is 0 Å². The van der Waals surface area contributed by atoms with Gasteiger partial charge < -0.3 is 0 Å². The Morgan fingerprint density at radius 2 is 2.54 bits per heavy atom. The summed E-state index contributed by atoms with van der Waals surface area (Å²) in [5, 5.41) is 2.99. The SMILES string of the molecule is C=CC(=O)SCSCC1CSCS1. The van der Waals surface area contributed by atoms with Gasteiger partial charge in [0.25, 0.3) is 0 Å². The lowest BCUT2D eigenvalue weighted by Crippen LogP contribution is -2.04. The lowest BCUT2D eigenvalue weighted by Gasteiger charge is -2.05. The van der Waals surface area contributed by atoms with Crippen molar-refractivity contribution in [3.63, 3.8) is 0 Å². The zero-order chi connectivity index (χ0) is 9.52. The van der Waals surface area contributed by atoms with Gasteiger partial charge in [0, 0.05) is 26.9 Å². The topological polar surface area (TPSA) is 17.1 Å². The minimum atomic E-state index is 0.0842. The largest absolute Gasteiger partial charge is 0.282 e. The van der Waals surface area contributed by atoms with Gasteiger partial charge >= 0.3 is 0 Å². The second kappa shape index (κ2) is 7.15. The van der Waals surface area contributed by atoms with Gasteiger partial charge in [0.2, 0.25) is 5.12 Å². The Kier molecular flexibility index (Phi) is 6.53. The summed E-state index contributed by atoms with van der Waals surface area (Å²) in [5.41, 5.74) is 0. The van der Waals surface area contributed by atoms with Crippen molar-refractivity contribution >= 4 is 52.2 Å². The lowest BCUT2D eigenvalue weighted by atomic mass is 10.6. The van der Waals surface area contributed by atoms with Gasteiger partial charge in [0.05, 0.1) is 0 Å². The van der Waals surface area contributed by atoms with Crippen molar-refractivity contribution in [2.75, 3.05) is 21.7 Å². The van der Waals surface area contributed by atoms with Crippen LogP contribution in [0.4, 0.5) is 0 Å². The number of carbonyl (C=O) groups is 1. The normalized spacial score (nSPS) is 21.7. The summed E-state index contributed by atoms with van der Waals surface area (Å²) >= 11 is 7.25. The molecule has 74 valence electrons. The third kappa shape index (κ3) is 5.30. The molecule has 0 aromatic carbocycles. The highest BCUT2D eigenvalue weighted by molar-refractivity contribution is 8.24. The smallest absolute Gasteiger partial charge is 0.212 e. The zero-order valence-corrected chi connectivity index (χ0v) is 10.5. The second-order valence-electron chi connectivity index (χ2n) is 2.43. The molecule has 0 spiro atoms. The van der Waals surface area contributed by atoms with Crippen LogP contribution in [-0.2, 0) is 4.79 Å². The van der Waals surface area contributed by atoms with Gasteiger partial charge in [-0.15, -0.1) is 35.3 Å². The van der Waals surface area contributed by atoms with Crippen molar-refractivity contribution in [3.8, 4) is 0 Å². The Hall–Kier alpha value is 0.810. The summed E-state index contributed by atoms with van der Waals surface area (Å²) in [4.78, 5) is 10.8. The van der Waals surface area contributed by atoms with E-state index >= 15 is 0 Å². The first kappa shape index (κ1) is 11.9. The minimum Gasteiger partial charge on any atom is -0.282 e. The van der Waals surface area contributed by atoms with E-state index in [-0.39, 0.29) is 5.12 Å². The molecule has 0 bridgehead atoms. The fourth-order valence-electron chi connectivity index (χ4n) is 0.806. The van der Waals surface area contributed by atoms with E-state index in [4.69, 9.17) is 0 Å². The maximum Gasteiger partial charge on any atom is 0.212 e. The molecule has 1 aliphatic rings.